The Labute approximate surface area is 117 Å². The zero-order valence-corrected chi connectivity index (χ0v) is 12.8. The van der Waals surface area contributed by atoms with Crippen LogP contribution < -0.4 is 5.32 Å². The summed E-state index contributed by atoms with van der Waals surface area (Å²) >= 11 is 0. The smallest absolute Gasteiger partial charge is 0.00881 e. The molecule has 2 fully saturated rings. The zero-order chi connectivity index (χ0) is 13.7. The molecule has 0 aromatic heterocycles. The van der Waals surface area contributed by atoms with Gasteiger partial charge in [-0.25, -0.2) is 0 Å². The van der Waals surface area contributed by atoms with E-state index in [4.69, 9.17) is 0 Å². The quantitative estimate of drug-likeness (QED) is 0.856. The summed E-state index contributed by atoms with van der Waals surface area (Å²) in [7, 11) is 0. The number of rotatable bonds is 4. The number of hydrogen-bond acceptors (Lipinski definition) is 1. The van der Waals surface area contributed by atoms with E-state index < -0.39 is 0 Å². The van der Waals surface area contributed by atoms with Crippen LogP contribution in [0.1, 0.15) is 56.2 Å². The highest BCUT2D eigenvalue weighted by Gasteiger charge is 2.50. The second-order valence-electron chi connectivity index (χ2n) is 7.75. The van der Waals surface area contributed by atoms with Gasteiger partial charge >= 0.3 is 0 Å². The van der Waals surface area contributed by atoms with Crippen LogP contribution in [-0.4, -0.2) is 12.6 Å². The van der Waals surface area contributed by atoms with E-state index in [1.165, 1.54) is 43.4 Å². The molecule has 0 heterocycles. The molecule has 2 saturated carbocycles. The molecule has 0 bridgehead atoms. The average Bonchev–Trinajstić information content (AvgIpc) is 3.11. The highest BCUT2D eigenvalue weighted by atomic mass is 15.0. The fourth-order valence-corrected chi connectivity index (χ4v) is 3.91. The minimum Gasteiger partial charge on any atom is -0.313 e. The maximum atomic E-state index is 3.77. The van der Waals surface area contributed by atoms with E-state index in [0.717, 1.165) is 6.04 Å². The first-order valence-corrected chi connectivity index (χ1v) is 7.71. The topological polar surface area (TPSA) is 12.0 Å². The van der Waals surface area contributed by atoms with Crippen molar-refractivity contribution in [2.45, 2.75) is 64.8 Å². The predicted molar refractivity (Wildman–Crippen MR) is 81.6 cm³/mol. The average molecular weight is 257 g/mol. The molecule has 1 aromatic rings. The van der Waals surface area contributed by atoms with E-state index in [-0.39, 0.29) is 0 Å². The molecule has 104 valence electrons. The van der Waals surface area contributed by atoms with Crippen LogP contribution in [0.15, 0.2) is 18.2 Å². The predicted octanol–water partition coefficient (Wildman–Crippen LogP) is 4.11. The van der Waals surface area contributed by atoms with Crippen molar-refractivity contribution in [2.75, 3.05) is 6.54 Å². The molecule has 3 rings (SSSR count). The summed E-state index contributed by atoms with van der Waals surface area (Å²) in [5.41, 5.74) is 5.32. The van der Waals surface area contributed by atoms with Crippen LogP contribution in [0.4, 0.5) is 0 Å². The second kappa shape index (κ2) is 4.34. The maximum Gasteiger partial charge on any atom is 0.00881 e. The molecule has 1 nitrogen and oxygen atoms in total. The molecule has 1 aromatic carbocycles. The molecule has 0 radical (unpaired) electrons. The monoisotopic (exact) mass is 257 g/mol. The normalized spacial score (nSPS) is 24.0. The van der Waals surface area contributed by atoms with Crippen molar-refractivity contribution in [3.8, 4) is 0 Å². The lowest BCUT2D eigenvalue weighted by Gasteiger charge is -2.54. The van der Waals surface area contributed by atoms with Crippen molar-refractivity contribution in [1.29, 1.82) is 0 Å². The molecule has 0 saturated heterocycles. The van der Waals surface area contributed by atoms with Crippen molar-refractivity contribution >= 4 is 0 Å². The van der Waals surface area contributed by atoms with Gasteiger partial charge in [-0.2, -0.15) is 0 Å². The highest BCUT2D eigenvalue weighted by Crippen LogP contribution is 2.55. The molecule has 19 heavy (non-hydrogen) atoms. The van der Waals surface area contributed by atoms with Gasteiger partial charge in [0.25, 0.3) is 0 Å². The number of benzene rings is 1. The Hall–Kier alpha value is -0.820. The molecule has 0 aliphatic heterocycles. The maximum absolute atomic E-state index is 3.77. The molecule has 1 heteroatoms. The molecular formula is C18H27N. The van der Waals surface area contributed by atoms with Gasteiger partial charge in [0, 0.05) is 18.0 Å². The van der Waals surface area contributed by atoms with Gasteiger partial charge in [0.15, 0.2) is 0 Å². The van der Waals surface area contributed by atoms with Crippen LogP contribution in [0, 0.1) is 19.3 Å². The molecule has 0 unspecified atom stereocenters. The van der Waals surface area contributed by atoms with E-state index in [1.54, 1.807) is 5.56 Å². The summed E-state index contributed by atoms with van der Waals surface area (Å²) in [6.07, 6.45) is 5.41. The Morgan fingerprint density at radius 1 is 1.11 bits per heavy atom. The Kier molecular flexibility index (Phi) is 3.01. The molecule has 2 aliphatic rings. The van der Waals surface area contributed by atoms with Crippen LogP contribution in [-0.2, 0) is 5.41 Å². The van der Waals surface area contributed by atoms with Gasteiger partial charge < -0.3 is 5.32 Å². The third-order valence-corrected chi connectivity index (χ3v) is 5.06. The van der Waals surface area contributed by atoms with Crippen molar-refractivity contribution < 1.29 is 0 Å². The third-order valence-electron chi connectivity index (χ3n) is 5.06. The summed E-state index contributed by atoms with van der Waals surface area (Å²) in [6.45, 7) is 10.4. The largest absolute Gasteiger partial charge is 0.313 e. The van der Waals surface area contributed by atoms with E-state index >= 15 is 0 Å². The van der Waals surface area contributed by atoms with E-state index in [2.05, 4.69) is 51.2 Å². The fraction of sp³-hybridized carbons (Fsp3) is 0.667. The van der Waals surface area contributed by atoms with Crippen molar-refractivity contribution in [3.05, 3.63) is 34.9 Å². The molecule has 0 atom stereocenters. The van der Waals surface area contributed by atoms with Crippen molar-refractivity contribution in [1.82, 2.24) is 5.32 Å². The van der Waals surface area contributed by atoms with Crippen LogP contribution in [0.2, 0.25) is 0 Å². The fourth-order valence-electron chi connectivity index (χ4n) is 3.91. The zero-order valence-electron chi connectivity index (χ0n) is 12.8. The SMILES string of the molecule is Cc1ccc(C2(CNC3CC3)CC(C)(C)C2)cc1C. The Morgan fingerprint density at radius 3 is 2.32 bits per heavy atom. The number of nitrogens with one attached hydrogen (secondary N) is 1. The van der Waals surface area contributed by atoms with Crippen LogP contribution in [0.3, 0.4) is 0 Å². The molecule has 1 N–H and O–H groups in total. The molecule has 0 spiro atoms. The molecular weight excluding hydrogens is 230 g/mol. The van der Waals surface area contributed by atoms with Gasteiger partial charge in [-0.15, -0.1) is 0 Å². The second-order valence-corrected chi connectivity index (χ2v) is 7.75. The van der Waals surface area contributed by atoms with E-state index in [1.807, 2.05) is 0 Å². The lowest BCUT2D eigenvalue weighted by Crippen LogP contribution is -2.52. The lowest BCUT2D eigenvalue weighted by atomic mass is 9.51. The van der Waals surface area contributed by atoms with Crippen LogP contribution in [0.25, 0.3) is 0 Å². The summed E-state index contributed by atoms with van der Waals surface area (Å²) < 4.78 is 0. The minimum atomic E-state index is 0.393. The highest BCUT2D eigenvalue weighted by molar-refractivity contribution is 5.37. The number of hydrogen-bond donors (Lipinski definition) is 1. The Bertz CT molecular complexity index is 474. The minimum absolute atomic E-state index is 0.393. The van der Waals surface area contributed by atoms with E-state index in [0.29, 0.717) is 10.8 Å². The first-order valence-electron chi connectivity index (χ1n) is 7.71. The van der Waals surface area contributed by atoms with Crippen molar-refractivity contribution in [3.63, 3.8) is 0 Å². The molecule has 0 amide bonds. The van der Waals surface area contributed by atoms with Gasteiger partial charge in [-0.05, 0) is 61.6 Å². The lowest BCUT2D eigenvalue weighted by molar-refractivity contribution is 0.0559. The summed E-state index contributed by atoms with van der Waals surface area (Å²) in [5, 5.41) is 3.77. The van der Waals surface area contributed by atoms with Gasteiger partial charge in [-0.1, -0.05) is 32.0 Å². The Balaban J connectivity index is 1.83. The third kappa shape index (κ3) is 2.58. The first kappa shape index (κ1) is 13.2. The van der Waals surface area contributed by atoms with Gasteiger partial charge in [0.05, 0.1) is 0 Å². The van der Waals surface area contributed by atoms with Crippen LogP contribution >= 0.6 is 0 Å². The first-order chi connectivity index (χ1) is 8.90. The Morgan fingerprint density at radius 2 is 1.79 bits per heavy atom. The number of aryl methyl sites for hydroxylation is 2. The van der Waals surface area contributed by atoms with E-state index in [9.17, 15) is 0 Å². The van der Waals surface area contributed by atoms with Gasteiger partial charge in [0.2, 0.25) is 0 Å². The standard InChI is InChI=1S/C18H27N/c1-13-5-6-15(9-14(13)2)18(10-17(3,4)11-18)12-19-16-7-8-16/h5-6,9,16,19H,7-8,10-12H2,1-4H3. The van der Waals surface area contributed by atoms with Gasteiger partial charge in [-0.3, -0.25) is 0 Å². The summed E-state index contributed by atoms with van der Waals surface area (Å²) in [6, 6.07) is 7.91. The summed E-state index contributed by atoms with van der Waals surface area (Å²) in [4.78, 5) is 0. The van der Waals surface area contributed by atoms with Gasteiger partial charge in [0.1, 0.15) is 0 Å². The van der Waals surface area contributed by atoms with Crippen molar-refractivity contribution in [2.24, 2.45) is 5.41 Å². The molecule has 2 aliphatic carbocycles. The van der Waals surface area contributed by atoms with Crippen LogP contribution in [0.5, 0.6) is 0 Å². The summed E-state index contributed by atoms with van der Waals surface area (Å²) in [5.74, 6) is 0.